The van der Waals surface area contributed by atoms with Gasteiger partial charge in [-0.2, -0.15) is 0 Å². The van der Waals surface area contributed by atoms with E-state index in [1.54, 1.807) is 11.1 Å². The number of aryl methyl sites for hydroxylation is 1. The summed E-state index contributed by atoms with van der Waals surface area (Å²) in [6, 6.07) is 12.1. The van der Waals surface area contributed by atoms with Gasteiger partial charge in [0.1, 0.15) is 12.8 Å². The van der Waals surface area contributed by atoms with E-state index < -0.39 is 0 Å². The molecule has 0 N–H and O–H groups in total. The molecule has 1 amide bonds. The number of hydrogen-bond acceptors (Lipinski definition) is 4. The second-order valence-corrected chi connectivity index (χ2v) is 6.17. The number of amides is 1. The van der Waals surface area contributed by atoms with E-state index in [1.807, 2.05) is 42.4 Å². The number of likely N-dealkylation sites (N-methyl/N-ethyl adjacent to an activating group) is 1. The highest BCUT2D eigenvalue weighted by molar-refractivity contribution is 5.87. The number of fused-ring (bicyclic) bond motifs is 1. The molecule has 0 radical (unpaired) electrons. The van der Waals surface area contributed by atoms with Crippen LogP contribution in [-0.4, -0.2) is 42.2 Å². The smallest absolute Gasteiger partial charge is 0.245 e. The first kappa shape index (κ1) is 16.5. The molecule has 2 aliphatic heterocycles. The summed E-state index contributed by atoms with van der Waals surface area (Å²) in [5.74, 6) is 0.179. The Kier molecular flexibility index (Phi) is 5.11. The number of aromatic nitrogens is 1. The third-order valence-electron chi connectivity index (χ3n) is 4.39. The van der Waals surface area contributed by atoms with Crippen LogP contribution in [-0.2, 0) is 16.1 Å². The molecule has 1 aromatic carbocycles. The molecule has 0 bridgehead atoms. The van der Waals surface area contributed by atoms with Crippen LogP contribution < -0.4 is 4.90 Å². The topological polar surface area (TPSA) is 45.7 Å². The molecule has 4 rings (SSSR count). The van der Waals surface area contributed by atoms with Crippen LogP contribution in [0.3, 0.4) is 0 Å². The standard InChI is InChI=1S/C12H15N3O2.C7H8/c1-14-5-3-11(12(14)16)15-8-17-7-9-6-13-4-2-10(9)15;1-7-5-3-2-4-6-7/h2,4,6,11H,3,5,7-8H2,1H3;2-6H,1H3. The second kappa shape index (κ2) is 7.45. The van der Waals surface area contributed by atoms with Crippen molar-refractivity contribution >= 4 is 11.6 Å². The molecule has 3 heterocycles. The first-order valence-corrected chi connectivity index (χ1v) is 8.20. The van der Waals surface area contributed by atoms with E-state index in [2.05, 4.69) is 24.0 Å². The van der Waals surface area contributed by atoms with Crippen LogP contribution in [0.1, 0.15) is 17.5 Å². The number of benzene rings is 1. The Morgan fingerprint density at radius 3 is 2.62 bits per heavy atom. The van der Waals surface area contributed by atoms with Gasteiger partial charge in [0.05, 0.1) is 6.61 Å². The van der Waals surface area contributed by atoms with E-state index in [-0.39, 0.29) is 11.9 Å². The summed E-state index contributed by atoms with van der Waals surface area (Å²) in [4.78, 5) is 19.9. The number of carbonyl (C=O) groups excluding carboxylic acids is 1. The van der Waals surface area contributed by atoms with Crippen LogP contribution in [0.15, 0.2) is 48.8 Å². The molecule has 1 saturated heterocycles. The molecule has 0 saturated carbocycles. The van der Waals surface area contributed by atoms with Gasteiger partial charge >= 0.3 is 0 Å². The van der Waals surface area contributed by atoms with Crippen molar-refractivity contribution < 1.29 is 9.53 Å². The normalized spacial score (nSPS) is 19.6. The molecule has 2 aliphatic rings. The minimum atomic E-state index is -0.0820. The van der Waals surface area contributed by atoms with Gasteiger partial charge in [0.15, 0.2) is 0 Å². The molecular weight excluding hydrogens is 302 g/mol. The predicted molar refractivity (Wildman–Crippen MR) is 93.6 cm³/mol. The van der Waals surface area contributed by atoms with Crippen LogP contribution in [0.5, 0.6) is 0 Å². The molecule has 0 spiro atoms. The van der Waals surface area contributed by atoms with Gasteiger partial charge in [-0.15, -0.1) is 0 Å². The van der Waals surface area contributed by atoms with E-state index in [0.29, 0.717) is 13.3 Å². The van der Waals surface area contributed by atoms with Crippen molar-refractivity contribution in [1.82, 2.24) is 9.88 Å². The average Bonchev–Trinajstić information content (AvgIpc) is 2.95. The van der Waals surface area contributed by atoms with Crippen molar-refractivity contribution in [1.29, 1.82) is 0 Å². The second-order valence-electron chi connectivity index (χ2n) is 6.17. The van der Waals surface area contributed by atoms with E-state index in [0.717, 1.165) is 24.2 Å². The van der Waals surface area contributed by atoms with Gasteiger partial charge in [0.25, 0.3) is 0 Å². The lowest BCUT2D eigenvalue weighted by molar-refractivity contribution is -0.128. The van der Waals surface area contributed by atoms with E-state index in [9.17, 15) is 4.79 Å². The van der Waals surface area contributed by atoms with Gasteiger partial charge in [-0.05, 0) is 19.4 Å². The van der Waals surface area contributed by atoms with Crippen LogP contribution in [0, 0.1) is 6.92 Å². The highest BCUT2D eigenvalue weighted by Crippen LogP contribution is 2.29. The summed E-state index contributed by atoms with van der Waals surface area (Å²) in [5, 5.41) is 0. The first-order chi connectivity index (χ1) is 11.7. The van der Waals surface area contributed by atoms with Gasteiger partial charge in [0, 0.05) is 37.2 Å². The fraction of sp³-hybridized carbons (Fsp3) is 0.368. The molecule has 1 unspecified atom stereocenters. The summed E-state index contributed by atoms with van der Waals surface area (Å²) in [5.41, 5.74) is 3.46. The number of rotatable bonds is 1. The summed E-state index contributed by atoms with van der Waals surface area (Å²) in [6.07, 6.45) is 4.44. The van der Waals surface area contributed by atoms with Crippen molar-refractivity contribution in [3.63, 3.8) is 0 Å². The fourth-order valence-electron chi connectivity index (χ4n) is 3.02. The summed E-state index contributed by atoms with van der Waals surface area (Å²) < 4.78 is 5.52. The largest absolute Gasteiger partial charge is 0.356 e. The van der Waals surface area contributed by atoms with Gasteiger partial charge < -0.3 is 14.5 Å². The number of hydrogen-bond donors (Lipinski definition) is 0. The lowest BCUT2D eigenvalue weighted by atomic mass is 10.1. The zero-order valence-corrected chi connectivity index (χ0v) is 14.2. The van der Waals surface area contributed by atoms with Crippen LogP contribution >= 0.6 is 0 Å². The van der Waals surface area contributed by atoms with Crippen LogP contribution in [0.25, 0.3) is 0 Å². The third kappa shape index (κ3) is 3.57. The third-order valence-corrected chi connectivity index (χ3v) is 4.39. The zero-order chi connectivity index (χ0) is 16.9. The summed E-state index contributed by atoms with van der Waals surface area (Å²) in [6.45, 7) is 3.97. The maximum Gasteiger partial charge on any atom is 0.245 e. The van der Waals surface area contributed by atoms with E-state index in [4.69, 9.17) is 4.74 Å². The molecule has 1 fully saturated rings. The Balaban J connectivity index is 0.000000203. The molecule has 24 heavy (non-hydrogen) atoms. The van der Waals surface area contributed by atoms with E-state index in [1.165, 1.54) is 5.56 Å². The molecule has 126 valence electrons. The lowest BCUT2D eigenvalue weighted by Crippen LogP contribution is -2.44. The SMILES string of the molecule is CN1CCC(N2COCc3cnccc32)C1=O.Cc1ccccc1. The predicted octanol–water partition coefficient (Wildman–Crippen LogP) is 2.60. The zero-order valence-electron chi connectivity index (χ0n) is 14.2. The Labute approximate surface area is 142 Å². The van der Waals surface area contributed by atoms with E-state index >= 15 is 0 Å². The summed E-state index contributed by atoms with van der Waals surface area (Å²) in [7, 11) is 1.85. The number of ether oxygens (including phenoxy) is 1. The first-order valence-electron chi connectivity index (χ1n) is 8.20. The minimum Gasteiger partial charge on any atom is -0.356 e. The Hall–Kier alpha value is -2.40. The monoisotopic (exact) mass is 325 g/mol. The van der Waals surface area contributed by atoms with Crippen molar-refractivity contribution in [2.24, 2.45) is 0 Å². The Bertz CT molecular complexity index is 690. The molecule has 0 aliphatic carbocycles. The van der Waals surface area contributed by atoms with Crippen molar-refractivity contribution in [3.8, 4) is 0 Å². The van der Waals surface area contributed by atoms with Crippen molar-refractivity contribution in [2.45, 2.75) is 26.0 Å². The van der Waals surface area contributed by atoms with Gasteiger partial charge in [-0.25, -0.2) is 0 Å². The van der Waals surface area contributed by atoms with Crippen molar-refractivity contribution in [2.75, 3.05) is 25.2 Å². The van der Waals surface area contributed by atoms with Gasteiger partial charge in [-0.3, -0.25) is 9.78 Å². The summed E-state index contributed by atoms with van der Waals surface area (Å²) >= 11 is 0. The van der Waals surface area contributed by atoms with Crippen molar-refractivity contribution in [3.05, 3.63) is 59.9 Å². The van der Waals surface area contributed by atoms with Crippen LogP contribution in [0.2, 0.25) is 0 Å². The number of likely N-dealkylation sites (tertiary alicyclic amines) is 1. The number of carbonyl (C=O) groups is 1. The molecule has 2 aromatic rings. The highest BCUT2D eigenvalue weighted by Gasteiger charge is 2.36. The molecule has 1 atom stereocenters. The molecule has 5 nitrogen and oxygen atoms in total. The average molecular weight is 325 g/mol. The quantitative estimate of drug-likeness (QED) is 0.808. The fourth-order valence-corrected chi connectivity index (χ4v) is 3.02. The molecule has 1 aromatic heterocycles. The Morgan fingerprint density at radius 2 is 2.00 bits per heavy atom. The highest BCUT2D eigenvalue weighted by atomic mass is 16.5. The number of anilines is 1. The maximum atomic E-state index is 12.0. The molecule has 5 heteroatoms. The molecular formula is C19H23N3O2. The Morgan fingerprint density at radius 1 is 1.21 bits per heavy atom. The lowest BCUT2D eigenvalue weighted by Gasteiger charge is -2.34. The van der Waals surface area contributed by atoms with Gasteiger partial charge in [-0.1, -0.05) is 35.9 Å². The van der Waals surface area contributed by atoms with Crippen LogP contribution in [0.4, 0.5) is 5.69 Å². The maximum absolute atomic E-state index is 12.0. The number of nitrogens with zero attached hydrogens (tertiary/aromatic N) is 3. The number of pyridine rings is 1. The minimum absolute atomic E-state index is 0.0820. The van der Waals surface area contributed by atoms with Gasteiger partial charge in [0.2, 0.25) is 5.91 Å².